The molecule has 0 unspecified atom stereocenters. The first-order valence-corrected chi connectivity index (χ1v) is 7.61. The maximum absolute atomic E-state index is 12.5. The summed E-state index contributed by atoms with van der Waals surface area (Å²) in [6.07, 6.45) is -3.04. The molecular weight excluding hydrogens is 422 g/mol. The monoisotopic (exact) mass is 439 g/mol. The van der Waals surface area contributed by atoms with Crippen molar-refractivity contribution in [3.05, 3.63) is 22.8 Å². The minimum absolute atomic E-state index is 0. The van der Waals surface area contributed by atoms with Crippen molar-refractivity contribution < 1.29 is 27.4 Å². The average molecular weight is 441 g/mol. The first-order chi connectivity index (χ1) is 11.2. The number of rotatable bonds is 5. The highest BCUT2D eigenvalue weighted by Gasteiger charge is 2.35. The van der Waals surface area contributed by atoms with E-state index in [-0.39, 0.29) is 54.8 Å². The van der Waals surface area contributed by atoms with Crippen LogP contribution in [0, 0.1) is 0 Å². The van der Waals surface area contributed by atoms with Crippen LogP contribution in [0.15, 0.2) is 12.3 Å². The summed E-state index contributed by atoms with van der Waals surface area (Å²) in [4.78, 5) is 15.6. The van der Waals surface area contributed by atoms with Gasteiger partial charge in [0.1, 0.15) is 11.6 Å². The van der Waals surface area contributed by atoms with Gasteiger partial charge in [0.25, 0.3) is 0 Å². The van der Waals surface area contributed by atoms with E-state index < -0.39 is 17.3 Å². The van der Waals surface area contributed by atoms with Crippen LogP contribution in [0.4, 0.5) is 13.2 Å². The Labute approximate surface area is 165 Å². The van der Waals surface area contributed by atoms with Crippen LogP contribution in [0.1, 0.15) is 18.4 Å². The molecule has 12 heteroatoms. The summed E-state index contributed by atoms with van der Waals surface area (Å²) in [5, 5.41) is 2.37. The van der Waals surface area contributed by atoms with E-state index in [1.54, 1.807) is 0 Å². The minimum Gasteiger partial charge on any atom is -0.475 e. The Morgan fingerprint density at radius 3 is 2.54 bits per heavy atom. The van der Waals surface area contributed by atoms with Crippen molar-refractivity contribution in [3.8, 4) is 5.88 Å². The number of hydrogen-bond acceptors (Lipinski definition) is 5. The van der Waals surface area contributed by atoms with Crippen LogP contribution >= 0.6 is 36.4 Å². The number of halogens is 6. The number of aromatic nitrogens is 1. The van der Waals surface area contributed by atoms with E-state index in [9.17, 15) is 18.0 Å². The van der Waals surface area contributed by atoms with Crippen molar-refractivity contribution in [1.82, 2.24) is 10.3 Å². The maximum Gasteiger partial charge on any atom is 0.417 e. The summed E-state index contributed by atoms with van der Waals surface area (Å²) in [7, 11) is 0. The average Bonchev–Trinajstić information content (AvgIpc) is 2.52. The predicted molar refractivity (Wildman–Crippen MR) is 94.2 cm³/mol. The van der Waals surface area contributed by atoms with Gasteiger partial charge < -0.3 is 20.5 Å². The van der Waals surface area contributed by atoms with Crippen molar-refractivity contribution in [3.63, 3.8) is 0 Å². The van der Waals surface area contributed by atoms with E-state index >= 15 is 0 Å². The highest BCUT2D eigenvalue weighted by molar-refractivity contribution is 6.31. The molecule has 1 fully saturated rings. The molecule has 1 aliphatic heterocycles. The van der Waals surface area contributed by atoms with E-state index in [1.807, 2.05) is 0 Å². The second-order valence-electron chi connectivity index (χ2n) is 5.38. The molecule has 0 aliphatic carbocycles. The fraction of sp³-hybridized carbons (Fsp3) is 0.571. The SMILES string of the molecule is Cl.Cl.NC1(C(=O)NCCOc2ncc(C(F)(F)F)cc2Cl)CCOCC1. The number of nitrogens with zero attached hydrogens (tertiary/aromatic N) is 1. The highest BCUT2D eigenvalue weighted by Crippen LogP contribution is 2.33. The van der Waals surface area contributed by atoms with Gasteiger partial charge in [0.2, 0.25) is 11.8 Å². The lowest BCUT2D eigenvalue weighted by Gasteiger charge is -2.31. The smallest absolute Gasteiger partial charge is 0.417 e. The molecule has 1 aromatic rings. The van der Waals surface area contributed by atoms with Crippen molar-refractivity contribution in [2.24, 2.45) is 5.73 Å². The van der Waals surface area contributed by atoms with Gasteiger partial charge in [-0.05, 0) is 18.9 Å². The number of carbonyl (C=O) groups is 1. The van der Waals surface area contributed by atoms with Crippen LogP contribution in [-0.2, 0) is 15.7 Å². The van der Waals surface area contributed by atoms with Crippen molar-refractivity contribution >= 4 is 42.3 Å². The molecule has 1 amide bonds. The summed E-state index contributed by atoms with van der Waals surface area (Å²) in [6, 6.07) is 0.735. The first kappa shape index (κ1) is 25.0. The lowest BCUT2D eigenvalue weighted by Crippen LogP contribution is -2.57. The summed E-state index contributed by atoms with van der Waals surface area (Å²) in [6.45, 7) is 0.963. The second-order valence-corrected chi connectivity index (χ2v) is 5.79. The number of nitrogens with one attached hydrogen (secondary N) is 1. The fourth-order valence-corrected chi connectivity index (χ4v) is 2.36. The van der Waals surface area contributed by atoms with Crippen LogP contribution < -0.4 is 15.8 Å². The Bertz CT molecular complexity index is 600. The van der Waals surface area contributed by atoms with Crippen LogP contribution in [0.5, 0.6) is 5.88 Å². The number of hydrogen-bond donors (Lipinski definition) is 2. The van der Waals surface area contributed by atoms with E-state index in [0.29, 0.717) is 32.3 Å². The van der Waals surface area contributed by atoms with Crippen LogP contribution in [-0.4, -0.2) is 42.8 Å². The maximum atomic E-state index is 12.5. The number of carbonyl (C=O) groups excluding carboxylic acids is 1. The lowest BCUT2D eigenvalue weighted by molar-refractivity contribution is -0.137. The van der Waals surface area contributed by atoms with Gasteiger partial charge in [0, 0.05) is 19.4 Å². The number of alkyl halides is 3. The predicted octanol–water partition coefficient (Wildman–Crippen LogP) is 2.60. The zero-order valence-corrected chi connectivity index (χ0v) is 15.9. The summed E-state index contributed by atoms with van der Waals surface area (Å²) in [5.41, 5.74) is 4.07. The number of nitrogens with two attached hydrogens (primary N) is 1. The molecule has 150 valence electrons. The quantitative estimate of drug-likeness (QED) is 0.688. The normalized spacial score (nSPS) is 16.0. The zero-order valence-electron chi connectivity index (χ0n) is 13.5. The number of amides is 1. The largest absolute Gasteiger partial charge is 0.475 e. The third kappa shape index (κ3) is 6.62. The lowest BCUT2D eigenvalue weighted by atomic mass is 9.90. The number of pyridine rings is 1. The highest BCUT2D eigenvalue weighted by atomic mass is 35.5. The molecule has 0 radical (unpaired) electrons. The Balaban J connectivity index is 0.00000312. The van der Waals surface area contributed by atoms with Gasteiger partial charge in [-0.1, -0.05) is 11.6 Å². The first-order valence-electron chi connectivity index (χ1n) is 7.23. The third-order valence-corrected chi connectivity index (χ3v) is 3.87. The molecule has 2 heterocycles. The molecule has 1 saturated heterocycles. The van der Waals surface area contributed by atoms with Gasteiger partial charge in [0.05, 0.1) is 17.6 Å². The molecule has 0 saturated carbocycles. The molecule has 1 aromatic heterocycles. The molecule has 26 heavy (non-hydrogen) atoms. The van der Waals surface area contributed by atoms with Gasteiger partial charge in [-0.25, -0.2) is 4.98 Å². The Morgan fingerprint density at radius 2 is 2.00 bits per heavy atom. The summed E-state index contributed by atoms with van der Waals surface area (Å²) in [5.74, 6) is -0.451. The zero-order chi connectivity index (χ0) is 17.8. The molecule has 0 bridgehead atoms. The van der Waals surface area contributed by atoms with Gasteiger partial charge in [-0.15, -0.1) is 24.8 Å². The molecule has 1 aliphatic rings. The molecule has 0 atom stereocenters. The van der Waals surface area contributed by atoms with Crippen LogP contribution in [0.25, 0.3) is 0 Å². The van der Waals surface area contributed by atoms with E-state index in [0.717, 1.165) is 6.07 Å². The van der Waals surface area contributed by atoms with E-state index in [1.165, 1.54) is 0 Å². The Morgan fingerprint density at radius 1 is 1.38 bits per heavy atom. The van der Waals surface area contributed by atoms with Crippen molar-refractivity contribution in [2.45, 2.75) is 24.6 Å². The Hall–Kier alpha value is -1.00. The Kier molecular flexibility index (Phi) is 9.97. The third-order valence-electron chi connectivity index (χ3n) is 3.60. The molecule has 0 spiro atoms. The fourth-order valence-electron chi connectivity index (χ4n) is 2.14. The van der Waals surface area contributed by atoms with Gasteiger partial charge in [-0.2, -0.15) is 13.2 Å². The number of ether oxygens (including phenoxy) is 2. The van der Waals surface area contributed by atoms with E-state index in [2.05, 4.69) is 10.3 Å². The van der Waals surface area contributed by atoms with Crippen molar-refractivity contribution in [1.29, 1.82) is 0 Å². The van der Waals surface area contributed by atoms with Gasteiger partial charge in [0.15, 0.2) is 0 Å². The van der Waals surface area contributed by atoms with Crippen molar-refractivity contribution in [2.75, 3.05) is 26.4 Å². The molecular formula is C14H19Cl3F3N3O3. The molecule has 2 rings (SSSR count). The summed E-state index contributed by atoms with van der Waals surface area (Å²) >= 11 is 5.71. The second kappa shape index (κ2) is 10.4. The van der Waals surface area contributed by atoms with Gasteiger partial charge >= 0.3 is 6.18 Å². The standard InChI is InChI=1S/C14H17ClF3N3O3.2ClH/c15-10-7-9(14(16,17)18)8-21-11(10)24-6-3-20-12(22)13(19)1-4-23-5-2-13;;/h7-8H,1-6,19H2,(H,20,22);2*1H. The molecule has 0 aromatic carbocycles. The van der Waals surface area contributed by atoms with E-state index in [4.69, 9.17) is 26.8 Å². The van der Waals surface area contributed by atoms with Crippen LogP contribution in [0.3, 0.4) is 0 Å². The van der Waals surface area contributed by atoms with Gasteiger partial charge in [-0.3, -0.25) is 4.79 Å². The molecule has 3 N–H and O–H groups in total. The minimum atomic E-state index is -4.53. The topological polar surface area (TPSA) is 86.5 Å². The van der Waals surface area contributed by atoms with Crippen LogP contribution in [0.2, 0.25) is 5.02 Å². The summed E-state index contributed by atoms with van der Waals surface area (Å²) < 4.78 is 47.8. The molecule has 6 nitrogen and oxygen atoms in total.